The van der Waals surface area contributed by atoms with Crippen LogP contribution in [0.3, 0.4) is 0 Å². The van der Waals surface area contributed by atoms with Crippen molar-refractivity contribution in [1.29, 1.82) is 0 Å². The van der Waals surface area contributed by atoms with Crippen LogP contribution in [0.25, 0.3) is 0 Å². The molecule has 1 atom stereocenters. The normalized spacial score (nSPS) is 21.9. The minimum absolute atomic E-state index is 0.178. The van der Waals surface area contributed by atoms with Gasteiger partial charge in [0.25, 0.3) is 0 Å². The zero-order valence-corrected chi connectivity index (χ0v) is 9.31. The van der Waals surface area contributed by atoms with E-state index in [1.807, 2.05) is 0 Å². The Morgan fingerprint density at radius 3 is 2.69 bits per heavy atom. The van der Waals surface area contributed by atoms with Crippen molar-refractivity contribution >= 4 is 5.91 Å². The third kappa shape index (κ3) is 4.83. The second-order valence-electron chi connectivity index (χ2n) is 4.28. The Hall–Kier alpha value is -0.780. The Labute approximate surface area is 93.0 Å². The van der Waals surface area contributed by atoms with Gasteiger partial charge >= 0.3 is 6.18 Å². The monoisotopic (exact) mass is 238 g/mol. The summed E-state index contributed by atoms with van der Waals surface area (Å²) in [7, 11) is 1.20. The summed E-state index contributed by atoms with van der Waals surface area (Å²) in [6.45, 7) is 0.501. The SMILES string of the molecule is CN(CC(F)(F)F)C(=O)CC1CCCNC1. The highest BCUT2D eigenvalue weighted by Gasteiger charge is 2.31. The van der Waals surface area contributed by atoms with E-state index in [4.69, 9.17) is 0 Å². The highest BCUT2D eigenvalue weighted by molar-refractivity contribution is 5.76. The first-order valence-corrected chi connectivity index (χ1v) is 5.40. The second-order valence-corrected chi connectivity index (χ2v) is 4.28. The van der Waals surface area contributed by atoms with Crippen LogP contribution in [0.1, 0.15) is 19.3 Å². The molecule has 0 aromatic rings. The summed E-state index contributed by atoms with van der Waals surface area (Å²) in [5.74, 6) is -0.247. The molecule has 0 bridgehead atoms. The van der Waals surface area contributed by atoms with Crippen molar-refractivity contribution in [2.24, 2.45) is 5.92 Å². The Kier molecular flexibility index (Phi) is 4.58. The molecule has 1 rings (SSSR count). The van der Waals surface area contributed by atoms with E-state index in [2.05, 4.69) is 5.32 Å². The van der Waals surface area contributed by atoms with Crippen molar-refractivity contribution in [2.45, 2.75) is 25.4 Å². The maximum atomic E-state index is 12.0. The molecule has 0 aliphatic carbocycles. The molecule has 0 saturated carbocycles. The zero-order chi connectivity index (χ0) is 12.2. The molecular formula is C10H17F3N2O. The second kappa shape index (κ2) is 5.52. The maximum Gasteiger partial charge on any atom is 0.406 e. The number of carbonyl (C=O) groups excluding carboxylic acids is 1. The molecule has 3 nitrogen and oxygen atoms in total. The molecule has 94 valence electrons. The minimum Gasteiger partial charge on any atom is -0.337 e. The van der Waals surface area contributed by atoms with Gasteiger partial charge in [-0.25, -0.2) is 0 Å². The number of hydrogen-bond acceptors (Lipinski definition) is 2. The highest BCUT2D eigenvalue weighted by atomic mass is 19.4. The largest absolute Gasteiger partial charge is 0.406 e. The van der Waals surface area contributed by atoms with E-state index in [0.717, 1.165) is 30.8 Å². The summed E-state index contributed by atoms with van der Waals surface area (Å²) in [6, 6.07) is 0. The number of alkyl halides is 3. The molecule has 1 aliphatic heterocycles. The summed E-state index contributed by atoms with van der Waals surface area (Å²) in [5, 5.41) is 3.13. The Bertz CT molecular complexity index is 237. The van der Waals surface area contributed by atoms with Crippen LogP contribution in [0, 0.1) is 5.92 Å². The third-order valence-corrected chi connectivity index (χ3v) is 2.70. The van der Waals surface area contributed by atoms with Gasteiger partial charge in [-0.05, 0) is 31.8 Å². The molecule has 1 unspecified atom stereocenters. The van der Waals surface area contributed by atoms with Crippen LogP contribution >= 0.6 is 0 Å². The molecule has 1 amide bonds. The lowest BCUT2D eigenvalue weighted by atomic mass is 9.96. The van der Waals surface area contributed by atoms with Gasteiger partial charge in [0.15, 0.2) is 0 Å². The van der Waals surface area contributed by atoms with Gasteiger partial charge in [-0.3, -0.25) is 4.79 Å². The van der Waals surface area contributed by atoms with Crippen LogP contribution in [-0.4, -0.2) is 43.7 Å². The van der Waals surface area contributed by atoms with E-state index in [1.54, 1.807) is 0 Å². The first-order valence-electron chi connectivity index (χ1n) is 5.40. The molecule has 6 heteroatoms. The van der Waals surface area contributed by atoms with E-state index in [1.165, 1.54) is 7.05 Å². The van der Waals surface area contributed by atoms with Gasteiger partial charge in [0, 0.05) is 13.5 Å². The van der Waals surface area contributed by atoms with Crippen LogP contribution in [-0.2, 0) is 4.79 Å². The molecule has 1 fully saturated rings. The van der Waals surface area contributed by atoms with Crippen molar-refractivity contribution < 1.29 is 18.0 Å². The fraction of sp³-hybridized carbons (Fsp3) is 0.900. The number of nitrogens with zero attached hydrogens (tertiary/aromatic N) is 1. The van der Waals surface area contributed by atoms with Gasteiger partial charge in [0.2, 0.25) is 5.91 Å². The third-order valence-electron chi connectivity index (χ3n) is 2.70. The standard InChI is InChI=1S/C10H17F3N2O/c1-15(7-10(11,12)13)9(16)5-8-3-2-4-14-6-8/h8,14H,2-7H2,1H3. The molecule has 0 aromatic carbocycles. The van der Waals surface area contributed by atoms with Crippen molar-refractivity contribution in [2.75, 3.05) is 26.7 Å². The van der Waals surface area contributed by atoms with Crippen molar-refractivity contribution in [1.82, 2.24) is 10.2 Å². The number of hydrogen-bond donors (Lipinski definition) is 1. The molecule has 1 saturated heterocycles. The Morgan fingerprint density at radius 1 is 1.50 bits per heavy atom. The number of carbonyl (C=O) groups is 1. The molecular weight excluding hydrogens is 221 g/mol. The van der Waals surface area contributed by atoms with Crippen LogP contribution in [0.4, 0.5) is 13.2 Å². The number of amides is 1. The average molecular weight is 238 g/mol. The van der Waals surface area contributed by atoms with Gasteiger partial charge in [0.1, 0.15) is 6.54 Å². The smallest absolute Gasteiger partial charge is 0.337 e. The Morgan fingerprint density at radius 2 is 2.19 bits per heavy atom. The number of piperidine rings is 1. The summed E-state index contributed by atoms with van der Waals surface area (Å²) < 4.78 is 36.1. The summed E-state index contributed by atoms with van der Waals surface area (Å²) in [6.07, 6.45) is -2.20. The van der Waals surface area contributed by atoms with Crippen LogP contribution < -0.4 is 5.32 Å². The van der Waals surface area contributed by atoms with Crippen molar-refractivity contribution in [3.05, 3.63) is 0 Å². The lowest BCUT2D eigenvalue weighted by Gasteiger charge is -2.25. The van der Waals surface area contributed by atoms with E-state index < -0.39 is 18.6 Å². The van der Waals surface area contributed by atoms with Crippen molar-refractivity contribution in [3.8, 4) is 0 Å². The molecule has 1 N–H and O–H groups in total. The van der Waals surface area contributed by atoms with E-state index in [-0.39, 0.29) is 12.3 Å². The van der Waals surface area contributed by atoms with E-state index in [0.29, 0.717) is 0 Å². The lowest BCUT2D eigenvalue weighted by molar-refractivity contribution is -0.159. The van der Waals surface area contributed by atoms with E-state index >= 15 is 0 Å². The summed E-state index contributed by atoms with van der Waals surface area (Å²) in [5.41, 5.74) is 0. The summed E-state index contributed by atoms with van der Waals surface area (Å²) in [4.78, 5) is 12.2. The minimum atomic E-state index is -4.31. The molecule has 0 radical (unpaired) electrons. The quantitative estimate of drug-likeness (QED) is 0.806. The molecule has 0 spiro atoms. The van der Waals surface area contributed by atoms with Gasteiger partial charge in [-0.2, -0.15) is 13.2 Å². The highest BCUT2D eigenvalue weighted by Crippen LogP contribution is 2.18. The Balaban J connectivity index is 2.33. The van der Waals surface area contributed by atoms with Crippen LogP contribution in [0.2, 0.25) is 0 Å². The lowest BCUT2D eigenvalue weighted by Crippen LogP contribution is -2.39. The fourth-order valence-corrected chi connectivity index (χ4v) is 1.86. The van der Waals surface area contributed by atoms with Gasteiger partial charge in [0.05, 0.1) is 0 Å². The first kappa shape index (κ1) is 13.3. The molecule has 1 heterocycles. The topological polar surface area (TPSA) is 32.3 Å². The molecule has 16 heavy (non-hydrogen) atoms. The van der Waals surface area contributed by atoms with Gasteiger partial charge in [-0.15, -0.1) is 0 Å². The number of nitrogens with one attached hydrogen (secondary N) is 1. The van der Waals surface area contributed by atoms with Gasteiger partial charge < -0.3 is 10.2 Å². The molecule has 1 aliphatic rings. The van der Waals surface area contributed by atoms with Gasteiger partial charge in [-0.1, -0.05) is 0 Å². The predicted octanol–water partition coefficient (Wildman–Crippen LogP) is 1.40. The summed E-state index contributed by atoms with van der Waals surface area (Å²) >= 11 is 0. The zero-order valence-electron chi connectivity index (χ0n) is 9.31. The van der Waals surface area contributed by atoms with Crippen LogP contribution in [0.15, 0.2) is 0 Å². The van der Waals surface area contributed by atoms with Crippen LogP contribution in [0.5, 0.6) is 0 Å². The average Bonchev–Trinajstić information content (AvgIpc) is 2.16. The fourth-order valence-electron chi connectivity index (χ4n) is 1.86. The maximum absolute atomic E-state index is 12.0. The van der Waals surface area contributed by atoms with Crippen molar-refractivity contribution in [3.63, 3.8) is 0 Å². The number of halogens is 3. The molecule has 0 aromatic heterocycles. The predicted molar refractivity (Wildman–Crippen MR) is 53.9 cm³/mol. The first-order chi connectivity index (χ1) is 7.38. The number of rotatable bonds is 3. The van der Waals surface area contributed by atoms with E-state index in [9.17, 15) is 18.0 Å².